The molecular formula is C43H43ClF2N8O4S2. The van der Waals surface area contributed by atoms with E-state index in [2.05, 4.69) is 53.3 Å². The van der Waals surface area contributed by atoms with Crippen LogP contribution < -0.4 is 20.3 Å². The molecule has 0 amide bonds. The first kappa shape index (κ1) is 42.7. The average molecular weight is 873 g/mol. The minimum absolute atomic E-state index is 0.0369. The summed E-state index contributed by atoms with van der Waals surface area (Å²) in [4.78, 5) is 25.6. The molecule has 7 rings (SSSR count). The van der Waals surface area contributed by atoms with E-state index in [-0.39, 0.29) is 29.0 Å². The molecule has 1 aliphatic heterocycles. The van der Waals surface area contributed by atoms with E-state index >= 15 is 0 Å². The van der Waals surface area contributed by atoms with Crippen LogP contribution in [0.5, 0.6) is 0 Å². The van der Waals surface area contributed by atoms with Gasteiger partial charge in [-0.3, -0.25) is 19.7 Å². The van der Waals surface area contributed by atoms with Gasteiger partial charge in [0.1, 0.15) is 12.0 Å². The Kier molecular flexibility index (Phi) is 14.1. The van der Waals surface area contributed by atoms with Gasteiger partial charge in [0.25, 0.3) is 22.1 Å². The first-order valence-electron chi connectivity index (χ1n) is 19.3. The number of anilines is 3. The third-order valence-electron chi connectivity index (χ3n) is 10.2. The van der Waals surface area contributed by atoms with E-state index in [1.165, 1.54) is 41.3 Å². The number of rotatable bonds is 18. The number of thioether (sulfide) groups is 1. The smallest absolute Gasteiger partial charge is 0.293 e. The number of nitrogens with zero attached hydrogens (tertiary/aromatic N) is 5. The summed E-state index contributed by atoms with van der Waals surface area (Å²) in [6, 6.07) is 34.7. The van der Waals surface area contributed by atoms with Crippen LogP contribution in [0.15, 0.2) is 131 Å². The van der Waals surface area contributed by atoms with Crippen molar-refractivity contribution in [1.82, 2.24) is 20.2 Å². The zero-order valence-electron chi connectivity index (χ0n) is 32.4. The summed E-state index contributed by atoms with van der Waals surface area (Å²) in [5, 5.41) is 19.3. The summed E-state index contributed by atoms with van der Waals surface area (Å²) in [5.74, 6) is 0.508. The van der Waals surface area contributed by atoms with Crippen LogP contribution in [0.25, 0.3) is 22.0 Å². The molecule has 1 aromatic heterocycles. The van der Waals surface area contributed by atoms with Gasteiger partial charge in [-0.15, -0.1) is 11.8 Å². The average Bonchev–Trinajstić information content (AvgIpc) is 3.25. The molecule has 60 heavy (non-hydrogen) atoms. The predicted molar refractivity (Wildman–Crippen MR) is 236 cm³/mol. The van der Waals surface area contributed by atoms with Gasteiger partial charge in [0, 0.05) is 71.6 Å². The van der Waals surface area contributed by atoms with Gasteiger partial charge in [-0.25, -0.2) is 27.2 Å². The SMILES string of the molecule is O=[N+]([O-])c1cc(S(=O)(=O)Nc2ncnc3cc(N4CCN(Cc5ccccc5-c5ccc(Cl)cc5)CC4)ccc23)ccc1NC(CCNCC(F)F)CSc1ccccc1. The lowest BCUT2D eigenvalue weighted by atomic mass is 9.99. The molecular weight excluding hydrogens is 830 g/mol. The highest BCUT2D eigenvalue weighted by atomic mass is 35.5. The second-order valence-electron chi connectivity index (χ2n) is 14.2. The molecule has 1 aliphatic rings. The van der Waals surface area contributed by atoms with Crippen LogP contribution in [0, 0.1) is 10.1 Å². The standard InChI is InChI=1S/C43H43ClF2N8O4S2/c44-32-12-10-30(11-13-32)37-9-5-4-6-31(37)27-52-20-22-53(23-21-52)34-14-16-38-40(24-34)48-29-49-43(38)51-60(57,58)36-15-17-39(41(25-36)54(55)56)50-33(18-19-47-26-42(45)46)28-59-35-7-2-1-3-8-35/h1-17,24-25,29,33,42,47,50H,18-23,26-28H2,(H,48,49,51). The van der Waals surface area contributed by atoms with E-state index in [9.17, 15) is 27.3 Å². The fourth-order valence-electron chi connectivity index (χ4n) is 7.05. The summed E-state index contributed by atoms with van der Waals surface area (Å²) >= 11 is 7.64. The highest BCUT2D eigenvalue weighted by Crippen LogP contribution is 2.33. The quantitative estimate of drug-likeness (QED) is 0.0330. The largest absolute Gasteiger partial charge is 0.376 e. The van der Waals surface area contributed by atoms with Crippen LogP contribution in [-0.2, 0) is 16.6 Å². The summed E-state index contributed by atoms with van der Waals surface area (Å²) in [5.41, 5.74) is 4.68. The maximum atomic E-state index is 13.7. The first-order valence-corrected chi connectivity index (χ1v) is 22.2. The molecule has 1 saturated heterocycles. The second kappa shape index (κ2) is 19.8. The maximum absolute atomic E-state index is 13.7. The number of fused-ring (bicyclic) bond motifs is 1. The molecule has 0 radical (unpaired) electrons. The van der Waals surface area contributed by atoms with Gasteiger partial charge in [0.05, 0.1) is 21.9 Å². The van der Waals surface area contributed by atoms with Gasteiger partial charge < -0.3 is 15.5 Å². The van der Waals surface area contributed by atoms with Crippen molar-refractivity contribution >= 4 is 67.2 Å². The highest BCUT2D eigenvalue weighted by molar-refractivity contribution is 7.99. The van der Waals surface area contributed by atoms with E-state index < -0.39 is 33.6 Å². The second-order valence-corrected chi connectivity index (χ2v) is 17.5. The van der Waals surface area contributed by atoms with Crippen LogP contribution in [-0.4, -0.2) is 85.7 Å². The lowest BCUT2D eigenvalue weighted by molar-refractivity contribution is -0.384. The van der Waals surface area contributed by atoms with Crippen LogP contribution in [0.4, 0.5) is 31.7 Å². The predicted octanol–water partition coefficient (Wildman–Crippen LogP) is 8.80. The van der Waals surface area contributed by atoms with Crippen molar-refractivity contribution < 1.29 is 22.1 Å². The Labute approximate surface area is 356 Å². The molecule has 1 fully saturated rings. The third kappa shape index (κ3) is 11.1. The Hall–Kier alpha value is -5.39. The summed E-state index contributed by atoms with van der Waals surface area (Å²) in [7, 11) is -4.34. The maximum Gasteiger partial charge on any atom is 0.293 e. The Balaban J connectivity index is 1.02. The number of nitro benzene ring substituents is 1. The van der Waals surface area contributed by atoms with Crippen LogP contribution in [0.1, 0.15) is 12.0 Å². The fraction of sp³-hybridized carbons (Fsp3) is 0.256. The van der Waals surface area contributed by atoms with Crippen molar-refractivity contribution in [3.05, 3.63) is 142 Å². The number of aromatic nitrogens is 2. The molecule has 0 aliphatic carbocycles. The first-order chi connectivity index (χ1) is 29.0. The van der Waals surface area contributed by atoms with Crippen molar-refractivity contribution in [2.75, 3.05) is 60.0 Å². The van der Waals surface area contributed by atoms with E-state index in [4.69, 9.17) is 11.6 Å². The van der Waals surface area contributed by atoms with Gasteiger partial charge in [-0.2, -0.15) is 0 Å². The van der Waals surface area contributed by atoms with E-state index in [0.29, 0.717) is 28.1 Å². The minimum Gasteiger partial charge on any atom is -0.376 e. The fourth-order valence-corrected chi connectivity index (χ4v) is 9.22. The molecule has 1 unspecified atom stereocenters. The molecule has 0 bridgehead atoms. The lowest BCUT2D eigenvalue weighted by Crippen LogP contribution is -2.46. The third-order valence-corrected chi connectivity index (χ3v) is 12.9. The molecule has 12 nitrogen and oxygen atoms in total. The molecule has 0 saturated carbocycles. The minimum atomic E-state index is -4.34. The normalized spacial score (nSPS) is 14.0. The van der Waals surface area contributed by atoms with E-state index in [1.807, 2.05) is 72.8 Å². The summed E-state index contributed by atoms with van der Waals surface area (Å²) in [6.07, 6.45) is -0.851. The molecule has 3 N–H and O–H groups in total. The van der Waals surface area contributed by atoms with Crippen molar-refractivity contribution in [1.29, 1.82) is 0 Å². The van der Waals surface area contributed by atoms with Gasteiger partial charge in [-0.05, 0) is 84.3 Å². The number of sulfonamides is 1. The number of piperazine rings is 1. The Morgan fingerprint density at radius 3 is 2.38 bits per heavy atom. The number of benzene rings is 5. The number of nitro groups is 1. The van der Waals surface area contributed by atoms with Crippen molar-refractivity contribution in [3.8, 4) is 11.1 Å². The number of halogens is 3. The number of hydrogen-bond acceptors (Lipinski definition) is 11. The molecule has 312 valence electrons. The molecule has 0 spiro atoms. The number of alkyl halides is 2. The van der Waals surface area contributed by atoms with Crippen LogP contribution in [0.2, 0.25) is 5.02 Å². The van der Waals surface area contributed by atoms with Crippen molar-refractivity contribution in [2.45, 2.75) is 35.2 Å². The topological polar surface area (TPSA) is 146 Å². The molecule has 6 aromatic rings. The Morgan fingerprint density at radius 1 is 0.883 bits per heavy atom. The van der Waals surface area contributed by atoms with Crippen LogP contribution in [0.3, 0.4) is 0 Å². The van der Waals surface area contributed by atoms with Gasteiger partial charge >= 0.3 is 0 Å². The zero-order chi connectivity index (χ0) is 42.1. The lowest BCUT2D eigenvalue weighted by Gasteiger charge is -2.36. The van der Waals surface area contributed by atoms with E-state index in [1.54, 1.807) is 6.07 Å². The van der Waals surface area contributed by atoms with Crippen molar-refractivity contribution in [3.63, 3.8) is 0 Å². The highest BCUT2D eigenvalue weighted by Gasteiger charge is 2.25. The molecule has 5 aromatic carbocycles. The van der Waals surface area contributed by atoms with Gasteiger partial charge in [0.2, 0.25) is 0 Å². The van der Waals surface area contributed by atoms with Crippen molar-refractivity contribution in [2.24, 2.45) is 0 Å². The Bertz CT molecular complexity index is 2520. The summed E-state index contributed by atoms with van der Waals surface area (Å²) < 4.78 is 55.5. The molecule has 2 heterocycles. The number of nitrogens with one attached hydrogen (secondary N) is 3. The van der Waals surface area contributed by atoms with Crippen LogP contribution >= 0.6 is 23.4 Å². The monoisotopic (exact) mass is 872 g/mol. The Morgan fingerprint density at radius 2 is 1.63 bits per heavy atom. The zero-order valence-corrected chi connectivity index (χ0v) is 34.8. The van der Waals surface area contributed by atoms with E-state index in [0.717, 1.165) is 54.9 Å². The van der Waals surface area contributed by atoms with Gasteiger partial charge in [0.15, 0.2) is 5.82 Å². The molecule has 1 atom stereocenters. The summed E-state index contributed by atoms with van der Waals surface area (Å²) in [6.45, 7) is 3.83. The molecule has 17 heteroatoms. The van der Waals surface area contributed by atoms with Gasteiger partial charge in [-0.1, -0.05) is 66.2 Å². The number of hydrogen-bond donors (Lipinski definition) is 3.